The van der Waals surface area contributed by atoms with Gasteiger partial charge in [0.25, 0.3) is 0 Å². The molecule has 6 heteroatoms. The van der Waals surface area contributed by atoms with Crippen molar-refractivity contribution in [2.45, 2.75) is 24.9 Å². The highest BCUT2D eigenvalue weighted by molar-refractivity contribution is 5.73. The lowest BCUT2D eigenvalue weighted by atomic mass is 9.81. The third kappa shape index (κ3) is 2.66. The predicted molar refractivity (Wildman–Crippen MR) is 102 cm³/mol. The number of ether oxygens (including phenoxy) is 1. The number of nitrogens with zero attached hydrogens (tertiary/aromatic N) is 2. The summed E-state index contributed by atoms with van der Waals surface area (Å²) in [7, 11) is 4.30. The number of anilines is 2. The topological polar surface area (TPSA) is 56.8 Å². The van der Waals surface area contributed by atoms with Crippen LogP contribution in [0.15, 0.2) is 48.5 Å². The van der Waals surface area contributed by atoms with E-state index in [4.69, 9.17) is 4.74 Å². The Morgan fingerprint density at radius 1 is 1.19 bits per heavy atom. The maximum Gasteiger partial charge on any atom is 0.431 e. The first-order chi connectivity index (χ1) is 12.5. The van der Waals surface area contributed by atoms with Crippen LogP contribution in [-0.2, 0) is 5.41 Å². The van der Waals surface area contributed by atoms with Crippen molar-refractivity contribution in [3.63, 3.8) is 0 Å². The summed E-state index contributed by atoms with van der Waals surface area (Å²) in [5.41, 5.74) is 8.69. The van der Waals surface area contributed by atoms with Gasteiger partial charge in [0.2, 0.25) is 0 Å². The molecule has 2 aromatic carbocycles. The van der Waals surface area contributed by atoms with Crippen molar-refractivity contribution in [3.05, 3.63) is 54.1 Å². The zero-order valence-electron chi connectivity index (χ0n) is 15.3. The fourth-order valence-electron chi connectivity index (χ4n) is 4.40. The SMILES string of the molecule is CN1CC[C@@]2(C)c3cc(OC(=O)NNc4ccccc4)ccc3N(C)[C@H]12. The molecule has 2 N–H and O–H groups in total. The minimum absolute atomic E-state index is 0.0525. The smallest absolute Gasteiger partial charge is 0.409 e. The van der Waals surface area contributed by atoms with Gasteiger partial charge in [-0.15, -0.1) is 0 Å². The molecule has 0 aromatic heterocycles. The number of fused-ring (bicyclic) bond motifs is 3. The molecule has 4 rings (SSSR count). The van der Waals surface area contributed by atoms with Crippen LogP contribution in [0.5, 0.6) is 5.75 Å². The van der Waals surface area contributed by atoms with Crippen LogP contribution in [0, 0.1) is 0 Å². The van der Waals surface area contributed by atoms with Gasteiger partial charge < -0.3 is 9.64 Å². The number of nitrogens with one attached hydrogen (secondary N) is 2. The molecule has 2 aliphatic heterocycles. The van der Waals surface area contributed by atoms with Crippen molar-refractivity contribution in [3.8, 4) is 5.75 Å². The van der Waals surface area contributed by atoms with Gasteiger partial charge >= 0.3 is 6.09 Å². The maximum atomic E-state index is 12.1. The van der Waals surface area contributed by atoms with E-state index in [0.29, 0.717) is 11.9 Å². The number of carbonyl (C=O) groups excluding carboxylic acids is 1. The molecular formula is C20H24N4O2. The van der Waals surface area contributed by atoms with E-state index in [2.05, 4.69) is 41.7 Å². The summed E-state index contributed by atoms with van der Waals surface area (Å²) in [5.74, 6) is 0.556. The number of para-hydroxylation sites is 1. The maximum absolute atomic E-state index is 12.1. The molecule has 2 heterocycles. The summed E-state index contributed by atoms with van der Waals surface area (Å²) in [6.07, 6.45) is 0.906. The molecule has 0 radical (unpaired) electrons. The standard InChI is InChI=1S/C20H24N4O2/c1-20-11-12-23(2)18(20)24(3)17-10-9-15(13-16(17)20)26-19(25)22-21-14-7-5-4-6-8-14/h4-10,13,18,21H,11-12H2,1-3H3,(H,22,25)/t18-,20-/m0/s1. The molecule has 2 aromatic rings. The first kappa shape index (κ1) is 16.7. The van der Waals surface area contributed by atoms with Crippen molar-refractivity contribution in [2.24, 2.45) is 0 Å². The quantitative estimate of drug-likeness (QED) is 0.831. The van der Waals surface area contributed by atoms with Crippen molar-refractivity contribution in [1.29, 1.82) is 0 Å². The lowest BCUT2D eigenvalue weighted by Crippen LogP contribution is -2.45. The van der Waals surface area contributed by atoms with Gasteiger partial charge in [-0.25, -0.2) is 10.2 Å². The normalized spacial score (nSPS) is 24.1. The second-order valence-electron chi connectivity index (χ2n) is 7.32. The Morgan fingerprint density at radius 3 is 2.73 bits per heavy atom. The van der Waals surface area contributed by atoms with E-state index >= 15 is 0 Å². The number of hydrogen-bond acceptors (Lipinski definition) is 5. The number of amides is 1. The van der Waals surface area contributed by atoms with Crippen molar-refractivity contribution >= 4 is 17.5 Å². The largest absolute Gasteiger partial charge is 0.431 e. The van der Waals surface area contributed by atoms with E-state index in [-0.39, 0.29) is 5.41 Å². The summed E-state index contributed by atoms with van der Waals surface area (Å²) < 4.78 is 5.47. The van der Waals surface area contributed by atoms with E-state index in [1.807, 2.05) is 48.5 Å². The van der Waals surface area contributed by atoms with Crippen molar-refractivity contribution in [1.82, 2.24) is 10.3 Å². The van der Waals surface area contributed by atoms with Gasteiger partial charge in [0.05, 0.1) is 11.9 Å². The monoisotopic (exact) mass is 352 g/mol. The molecule has 6 nitrogen and oxygen atoms in total. The molecule has 26 heavy (non-hydrogen) atoms. The average Bonchev–Trinajstić information content (AvgIpc) is 3.06. The van der Waals surface area contributed by atoms with E-state index in [9.17, 15) is 4.79 Å². The first-order valence-corrected chi connectivity index (χ1v) is 8.85. The van der Waals surface area contributed by atoms with Gasteiger partial charge in [-0.3, -0.25) is 10.3 Å². The van der Waals surface area contributed by atoms with Crippen LogP contribution in [0.25, 0.3) is 0 Å². The Kier molecular flexibility index (Phi) is 4.00. The highest BCUT2D eigenvalue weighted by atomic mass is 16.6. The van der Waals surface area contributed by atoms with Crippen LogP contribution in [0.4, 0.5) is 16.2 Å². The molecule has 0 spiro atoms. The van der Waals surface area contributed by atoms with Gasteiger partial charge in [-0.05, 0) is 49.4 Å². The van der Waals surface area contributed by atoms with Gasteiger partial charge in [0.15, 0.2) is 0 Å². The lowest BCUT2D eigenvalue weighted by Gasteiger charge is -2.32. The third-order valence-electron chi connectivity index (χ3n) is 5.59. The minimum Gasteiger partial charge on any atom is -0.409 e. The lowest BCUT2D eigenvalue weighted by molar-refractivity contribution is 0.202. The minimum atomic E-state index is -0.537. The highest BCUT2D eigenvalue weighted by Gasteiger charge is 2.52. The molecule has 1 fully saturated rings. The molecular weight excluding hydrogens is 328 g/mol. The molecule has 1 saturated heterocycles. The van der Waals surface area contributed by atoms with Gasteiger partial charge in [0.1, 0.15) is 5.75 Å². The van der Waals surface area contributed by atoms with E-state index < -0.39 is 6.09 Å². The van der Waals surface area contributed by atoms with Gasteiger partial charge in [0, 0.05) is 24.7 Å². The number of likely N-dealkylation sites (N-methyl/N-ethyl adjacent to an activating group) is 2. The van der Waals surface area contributed by atoms with Crippen LogP contribution in [0.3, 0.4) is 0 Å². The van der Waals surface area contributed by atoms with Crippen LogP contribution in [0.2, 0.25) is 0 Å². The molecule has 0 unspecified atom stereocenters. The Bertz CT molecular complexity index is 826. The zero-order chi connectivity index (χ0) is 18.3. The number of hydrazine groups is 1. The van der Waals surface area contributed by atoms with Crippen LogP contribution >= 0.6 is 0 Å². The van der Waals surface area contributed by atoms with Gasteiger partial charge in [-0.1, -0.05) is 25.1 Å². The molecule has 136 valence electrons. The Balaban J connectivity index is 1.48. The summed E-state index contributed by atoms with van der Waals surface area (Å²) in [6.45, 7) is 3.36. The predicted octanol–water partition coefficient (Wildman–Crippen LogP) is 3.17. The van der Waals surface area contributed by atoms with E-state index in [1.54, 1.807) is 0 Å². The third-order valence-corrected chi connectivity index (χ3v) is 5.59. The number of likely N-dealkylation sites (tertiary alicyclic amines) is 1. The first-order valence-electron chi connectivity index (χ1n) is 8.85. The highest BCUT2D eigenvalue weighted by Crippen LogP contribution is 2.51. The average molecular weight is 352 g/mol. The number of hydrogen-bond donors (Lipinski definition) is 2. The Labute approximate surface area is 153 Å². The number of carbonyl (C=O) groups is 1. The Morgan fingerprint density at radius 2 is 1.96 bits per heavy atom. The molecule has 0 saturated carbocycles. The fourth-order valence-corrected chi connectivity index (χ4v) is 4.40. The summed E-state index contributed by atoms with van der Waals surface area (Å²) in [6, 6.07) is 15.3. The molecule has 2 aliphatic rings. The second kappa shape index (κ2) is 6.21. The number of benzene rings is 2. The summed E-state index contributed by atoms with van der Waals surface area (Å²) in [4.78, 5) is 16.8. The second-order valence-corrected chi connectivity index (χ2v) is 7.32. The fraction of sp³-hybridized carbons (Fsp3) is 0.350. The van der Waals surface area contributed by atoms with Crippen molar-refractivity contribution in [2.75, 3.05) is 31.0 Å². The van der Waals surface area contributed by atoms with E-state index in [1.165, 1.54) is 11.3 Å². The van der Waals surface area contributed by atoms with Crippen LogP contribution in [0.1, 0.15) is 18.9 Å². The van der Waals surface area contributed by atoms with Gasteiger partial charge in [-0.2, -0.15) is 0 Å². The molecule has 0 bridgehead atoms. The molecule has 2 atom stereocenters. The summed E-state index contributed by atoms with van der Waals surface area (Å²) in [5, 5.41) is 0. The van der Waals surface area contributed by atoms with Crippen LogP contribution in [-0.4, -0.2) is 37.8 Å². The zero-order valence-corrected chi connectivity index (χ0v) is 15.3. The molecule has 1 amide bonds. The van der Waals surface area contributed by atoms with Crippen molar-refractivity contribution < 1.29 is 9.53 Å². The van der Waals surface area contributed by atoms with E-state index in [0.717, 1.165) is 18.7 Å². The Hall–Kier alpha value is -2.73. The summed E-state index contributed by atoms with van der Waals surface area (Å²) >= 11 is 0. The van der Waals surface area contributed by atoms with Crippen LogP contribution < -0.4 is 20.5 Å². The number of rotatable bonds is 3. The molecule has 0 aliphatic carbocycles.